The van der Waals surface area contributed by atoms with Gasteiger partial charge in [-0.25, -0.2) is 0 Å². The van der Waals surface area contributed by atoms with Crippen molar-refractivity contribution in [3.63, 3.8) is 0 Å². The summed E-state index contributed by atoms with van der Waals surface area (Å²) in [5.41, 5.74) is 0. The summed E-state index contributed by atoms with van der Waals surface area (Å²) in [6, 6.07) is 0. The molecular formula is C2H2FFe. The normalized spacial score (nSPS) is 5.25. The van der Waals surface area contributed by atoms with E-state index in [4.69, 9.17) is 0 Å². The third-order valence-corrected chi connectivity index (χ3v) is 0.195. The van der Waals surface area contributed by atoms with Crippen molar-refractivity contribution in [2.75, 3.05) is 0 Å². The zero-order valence-corrected chi connectivity index (χ0v) is 3.04. The molecule has 0 bridgehead atoms. The van der Waals surface area contributed by atoms with E-state index in [1.54, 1.807) is 0 Å². The Balaban J connectivity index is 3.11. The van der Waals surface area contributed by atoms with Crippen LogP contribution in [0, 0.1) is 0 Å². The van der Waals surface area contributed by atoms with Gasteiger partial charge in [0.1, 0.15) is 0 Å². The third kappa shape index (κ3) is 2.10. The fraction of sp³-hybridized carbons (Fsp3) is 0. The Labute approximate surface area is 30.5 Å². The molecule has 0 spiro atoms. The zero-order valence-electron chi connectivity index (χ0n) is 1.94. The summed E-state index contributed by atoms with van der Waals surface area (Å²) in [5, 5.41) is 0. The Kier molecular flexibility index (Phi) is 3.18. The number of rotatable bonds is 0. The summed E-state index contributed by atoms with van der Waals surface area (Å²) >= 11 is -0.542. The van der Waals surface area contributed by atoms with Crippen LogP contribution in [0.3, 0.4) is 0 Å². The van der Waals surface area contributed by atoms with Crippen LogP contribution in [-0.2, 0) is 15.0 Å². The topological polar surface area (TPSA) is 0 Å². The predicted octanol–water partition coefficient (Wildman–Crippen LogP) is 0.540. The minimum atomic E-state index is -0.542. The van der Waals surface area contributed by atoms with E-state index in [1.807, 2.05) is 4.58 Å². The molecule has 0 nitrogen and oxygen atoms in total. The molecule has 0 fully saturated rings. The second kappa shape index (κ2) is 3.10. The molecule has 0 aliphatic rings. The maximum atomic E-state index is 10.5. The van der Waals surface area contributed by atoms with E-state index >= 15 is 0 Å². The van der Waals surface area contributed by atoms with Gasteiger partial charge in [0.05, 0.1) is 0 Å². The molecule has 0 atom stereocenters. The Morgan fingerprint density at radius 1 is 2.00 bits per heavy atom. The summed E-state index contributed by atoms with van der Waals surface area (Å²) in [6.07, 6.45) is 0. The molecule has 0 saturated heterocycles. The van der Waals surface area contributed by atoms with Crippen molar-refractivity contribution in [2.45, 2.75) is 0 Å². The molecule has 0 aromatic carbocycles. The van der Waals surface area contributed by atoms with Crippen LogP contribution in [0.1, 0.15) is 0 Å². The van der Waals surface area contributed by atoms with E-state index in [1.165, 1.54) is 0 Å². The van der Waals surface area contributed by atoms with E-state index in [9.17, 15) is 3.55 Å². The number of hydrogen-bond acceptors (Lipinski definition) is 0. The molecule has 0 aromatic rings. The fourth-order valence-electron chi connectivity index (χ4n) is 0. The average Bonchev–Trinajstić information content (AvgIpc) is 1.37. The first-order valence-corrected chi connectivity index (χ1v) is 1.63. The molecule has 0 amide bonds. The van der Waals surface area contributed by atoms with Gasteiger partial charge in [0.15, 0.2) is 0 Å². The Morgan fingerprint density at radius 2 is 2.25 bits per heavy atom. The summed E-state index contributed by atoms with van der Waals surface area (Å²) in [5.74, 6) is 0. The van der Waals surface area contributed by atoms with Gasteiger partial charge >= 0.3 is 29.7 Å². The van der Waals surface area contributed by atoms with Crippen molar-refractivity contribution >= 4 is 4.58 Å². The van der Waals surface area contributed by atoms with Crippen LogP contribution >= 0.6 is 0 Å². The molecule has 0 aliphatic heterocycles. The maximum absolute atomic E-state index is 10.5. The van der Waals surface area contributed by atoms with Gasteiger partial charge in [-0.3, -0.25) is 0 Å². The molecular weight excluding hydrogens is 98.9 g/mol. The predicted molar refractivity (Wildman–Crippen MR) is 11.7 cm³/mol. The van der Waals surface area contributed by atoms with E-state index in [-0.39, 0.29) is 0 Å². The summed E-state index contributed by atoms with van der Waals surface area (Å²) in [4.78, 5) is 0. The Morgan fingerprint density at radius 3 is 2.25 bits per heavy atom. The van der Waals surface area contributed by atoms with E-state index < -0.39 is 15.0 Å². The van der Waals surface area contributed by atoms with Crippen LogP contribution in [0.5, 0.6) is 0 Å². The SMILES string of the molecule is C=[C]=[Fe][F]. The summed E-state index contributed by atoms with van der Waals surface area (Å²) < 4.78 is 12.6. The van der Waals surface area contributed by atoms with Crippen molar-refractivity contribution < 1.29 is 18.5 Å². The van der Waals surface area contributed by atoms with Gasteiger partial charge in [0.2, 0.25) is 0 Å². The first-order chi connectivity index (χ1) is 1.91. The van der Waals surface area contributed by atoms with Crippen LogP contribution in [0.15, 0.2) is 6.58 Å². The molecule has 2 heteroatoms. The van der Waals surface area contributed by atoms with Crippen LogP contribution in [0.2, 0.25) is 0 Å². The van der Waals surface area contributed by atoms with E-state index in [2.05, 4.69) is 6.58 Å². The van der Waals surface area contributed by atoms with Crippen LogP contribution in [0.4, 0.5) is 3.55 Å². The number of halogens is 1. The van der Waals surface area contributed by atoms with Gasteiger partial charge < -0.3 is 0 Å². The van der Waals surface area contributed by atoms with Gasteiger partial charge in [0, 0.05) is 0 Å². The van der Waals surface area contributed by atoms with Gasteiger partial charge in [-0.05, 0) is 0 Å². The number of hydrogen-bond donors (Lipinski definition) is 0. The van der Waals surface area contributed by atoms with Gasteiger partial charge in [0.25, 0.3) is 0 Å². The van der Waals surface area contributed by atoms with E-state index in [0.29, 0.717) is 0 Å². The third-order valence-electron chi connectivity index (χ3n) is 0.0472. The standard InChI is InChI=1S/C2H2.FH.Fe/c1-2;;/h1H2;1H;/q;;+1/p-1. The van der Waals surface area contributed by atoms with Crippen LogP contribution < -0.4 is 0 Å². The van der Waals surface area contributed by atoms with Crippen molar-refractivity contribution in [3.05, 3.63) is 6.58 Å². The quantitative estimate of drug-likeness (QED) is 0.390. The summed E-state index contributed by atoms with van der Waals surface area (Å²) in [7, 11) is 0. The average molecular weight is 101 g/mol. The van der Waals surface area contributed by atoms with Gasteiger partial charge in [-0.2, -0.15) is 0 Å². The molecule has 4 heavy (non-hydrogen) atoms. The van der Waals surface area contributed by atoms with Crippen LogP contribution in [0.25, 0.3) is 0 Å². The first kappa shape index (κ1) is 4.10. The molecule has 0 unspecified atom stereocenters. The minimum absolute atomic E-state index is 0.542. The van der Waals surface area contributed by atoms with Crippen molar-refractivity contribution in [1.82, 2.24) is 0 Å². The van der Waals surface area contributed by atoms with Crippen molar-refractivity contribution in [3.8, 4) is 0 Å². The molecule has 25 valence electrons. The van der Waals surface area contributed by atoms with Crippen LogP contribution in [-0.4, -0.2) is 4.58 Å². The molecule has 0 rings (SSSR count). The zero-order chi connectivity index (χ0) is 3.41. The molecule has 0 aliphatic carbocycles. The molecule has 0 radical (unpaired) electrons. The summed E-state index contributed by atoms with van der Waals surface area (Å²) in [6.45, 7) is 2.98. The van der Waals surface area contributed by atoms with Crippen molar-refractivity contribution in [1.29, 1.82) is 0 Å². The molecule has 0 heterocycles. The molecule has 0 aromatic heterocycles. The van der Waals surface area contributed by atoms with Crippen molar-refractivity contribution in [2.24, 2.45) is 0 Å². The Hall–Kier alpha value is 0.0995. The monoisotopic (exact) mass is 101 g/mol. The Bertz CT molecular complexity index is 44.0. The molecule has 0 saturated carbocycles. The van der Waals surface area contributed by atoms with Gasteiger partial charge in [-0.1, -0.05) is 0 Å². The fourth-order valence-corrected chi connectivity index (χ4v) is 0. The van der Waals surface area contributed by atoms with E-state index in [0.717, 1.165) is 0 Å². The second-order valence-corrected chi connectivity index (χ2v) is 0.791. The molecule has 0 N–H and O–H groups in total. The van der Waals surface area contributed by atoms with Gasteiger partial charge in [-0.15, -0.1) is 0 Å². The second-order valence-electron chi connectivity index (χ2n) is 0.192. The first-order valence-electron chi connectivity index (χ1n) is 0.664.